The van der Waals surface area contributed by atoms with Gasteiger partial charge in [-0.05, 0) is 11.3 Å². The average Bonchev–Trinajstić information content (AvgIpc) is 2.69. The van der Waals surface area contributed by atoms with Crippen molar-refractivity contribution >= 4 is 12.6 Å². The molecule has 0 amide bonds. The summed E-state index contributed by atoms with van der Waals surface area (Å²) in [5, 5.41) is 0. The summed E-state index contributed by atoms with van der Waals surface area (Å²) in [4.78, 5) is 0. The van der Waals surface area contributed by atoms with E-state index in [9.17, 15) is 0 Å². The lowest BCUT2D eigenvalue weighted by atomic mass is 10.0. The van der Waals surface area contributed by atoms with Gasteiger partial charge in [0.25, 0.3) is 5.79 Å². The third-order valence-electron chi connectivity index (χ3n) is 2.43. The summed E-state index contributed by atoms with van der Waals surface area (Å²) in [6, 6.07) is 10.2. The maximum atomic E-state index is 5.53. The van der Waals surface area contributed by atoms with Crippen LogP contribution in [0.1, 0.15) is 12.0 Å². The second-order valence-electron chi connectivity index (χ2n) is 3.55. The van der Waals surface area contributed by atoms with Crippen molar-refractivity contribution in [3.8, 4) is 0 Å². The summed E-state index contributed by atoms with van der Waals surface area (Å²) >= 11 is 4.23. The largest absolute Gasteiger partial charge is 0.456 e. The normalized spacial score (nSPS) is 17.1. The molecule has 0 saturated carbocycles. The van der Waals surface area contributed by atoms with Crippen molar-refractivity contribution in [3.63, 3.8) is 0 Å². The molecule has 0 spiro atoms. The van der Waals surface area contributed by atoms with E-state index >= 15 is 0 Å². The van der Waals surface area contributed by atoms with Crippen molar-refractivity contribution in [2.75, 3.05) is 5.75 Å². The molecule has 0 radical (unpaired) electrons. The van der Waals surface area contributed by atoms with E-state index in [2.05, 4.69) is 24.8 Å². The van der Waals surface area contributed by atoms with E-state index in [0.717, 1.165) is 18.6 Å². The maximum Gasteiger partial charge on any atom is 0.254 e. The first kappa shape index (κ1) is 10.4. The van der Waals surface area contributed by atoms with Gasteiger partial charge in [-0.15, -0.1) is 0 Å². The molecule has 1 aliphatic heterocycles. The van der Waals surface area contributed by atoms with Crippen molar-refractivity contribution in [2.45, 2.75) is 18.6 Å². The van der Waals surface area contributed by atoms with Gasteiger partial charge in [0.05, 0.1) is 0 Å². The van der Waals surface area contributed by atoms with Crippen molar-refractivity contribution in [1.29, 1.82) is 0 Å². The third-order valence-corrected chi connectivity index (χ3v) is 2.65. The van der Waals surface area contributed by atoms with Gasteiger partial charge in [0.2, 0.25) is 0 Å². The van der Waals surface area contributed by atoms with Crippen LogP contribution in [-0.4, -0.2) is 11.5 Å². The zero-order valence-corrected chi connectivity index (χ0v) is 9.32. The molecule has 0 aliphatic carbocycles. The smallest absolute Gasteiger partial charge is 0.254 e. The second kappa shape index (κ2) is 4.62. The highest BCUT2D eigenvalue weighted by molar-refractivity contribution is 7.80. The molecule has 2 nitrogen and oxygen atoms in total. The van der Waals surface area contributed by atoms with Gasteiger partial charge in [0.1, 0.15) is 12.5 Å². The van der Waals surface area contributed by atoms with Gasteiger partial charge in [0, 0.05) is 12.8 Å². The molecule has 0 aromatic heterocycles. The lowest BCUT2D eigenvalue weighted by molar-refractivity contribution is -0.141. The fourth-order valence-electron chi connectivity index (χ4n) is 1.70. The Balaban J connectivity index is 2.07. The van der Waals surface area contributed by atoms with E-state index in [1.165, 1.54) is 5.56 Å². The SMILES string of the molecule is SCCC1(Cc2ccccc2)OC=CO1. The first-order valence-electron chi connectivity index (χ1n) is 5.00. The highest BCUT2D eigenvalue weighted by Crippen LogP contribution is 2.28. The number of rotatable bonds is 4. The van der Waals surface area contributed by atoms with E-state index in [1.54, 1.807) is 12.5 Å². The summed E-state index contributed by atoms with van der Waals surface area (Å²) in [6.45, 7) is 0. The van der Waals surface area contributed by atoms with Gasteiger partial charge in [0.15, 0.2) is 0 Å². The highest BCUT2D eigenvalue weighted by atomic mass is 32.1. The average molecular weight is 222 g/mol. The van der Waals surface area contributed by atoms with E-state index in [0.29, 0.717) is 0 Å². The van der Waals surface area contributed by atoms with Gasteiger partial charge in [-0.3, -0.25) is 0 Å². The molecule has 0 fully saturated rings. The molecule has 0 atom stereocenters. The molecular formula is C12H14O2S. The molecule has 0 bridgehead atoms. The summed E-state index contributed by atoms with van der Waals surface area (Å²) in [5.41, 5.74) is 1.21. The Morgan fingerprint density at radius 3 is 2.33 bits per heavy atom. The summed E-state index contributed by atoms with van der Waals surface area (Å²) in [6.07, 6.45) is 4.73. The molecule has 1 aliphatic rings. The van der Waals surface area contributed by atoms with Crippen molar-refractivity contribution < 1.29 is 9.47 Å². The van der Waals surface area contributed by atoms with Crippen LogP contribution in [0.2, 0.25) is 0 Å². The zero-order valence-electron chi connectivity index (χ0n) is 8.43. The first-order chi connectivity index (χ1) is 7.35. The maximum absolute atomic E-state index is 5.53. The topological polar surface area (TPSA) is 18.5 Å². The van der Waals surface area contributed by atoms with E-state index in [-0.39, 0.29) is 0 Å². The number of hydrogen-bond acceptors (Lipinski definition) is 3. The Bertz CT molecular complexity index is 327. The first-order valence-corrected chi connectivity index (χ1v) is 5.63. The third kappa shape index (κ3) is 2.48. The minimum atomic E-state index is -0.539. The van der Waals surface area contributed by atoms with Crippen LogP contribution in [0.4, 0.5) is 0 Å². The Kier molecular flexibility index (Phi) is 3.21. The van der Waals surface area contributed by atoms with Gasteiger partial charge in [-0.2, -0.15) is 12.6 Å². The van der Waals surface area contributed by atoms with Crippen LogP contribution in [0.15, 0.2) is 42.9 Å². The van der Waals surface area contributed by atoms with Crippen LogP contribution in [0.3, 0.4) is 0 Å². The Hall–Kier alpha value is -1.09. The zero-order chi connectivity index (χ0) is 10.6. The minimum absolute atomic E-state index is 0.539. The van der Waals surface area contributed by atoms with Crippen molar-refractivity contribution in [2.24, 2.45) is 0 Å². The Morgan fingerprint density at radius 1 is 1.07 bits per heavy atom. The second-order valence-corrected chi connectivity index (χ2v) is 4.00. The summed E-state index contributed by atoms with van der Waals surface area (Å²) in [5.74, 6) is 0.206. The monoisotopic (exact) mass is 222 g/mol. The Morgan fingerprint density at radius 2 is 1.73 bits per heavy atom. The van der Waals surface area contributed by atoms with Crippen LogP contribution in [0.25, 0.3) is 0 Å². The molecule has 0 unspecified atom stereocenters. The lowest BCUT2D eigenvalue weighted by Crippen LogP contribution is -2.33. The van der Waals surface area contributed by atoms with Crippen LogP contribution < -0.4 is 0 Å². The van der Waals surface area contributed by atoms with Gasteiger partial charge in [-0.25, -0.2) is 0 Å². The Labute approximate surface area is 95.3 Å². The molecular weight excluding hydrogens is 208 g/mol. The highest BCUT2D eigenvalue weighted by Gasteiger charge is 2.34. The number of thiol groups is 1. The molecule has 1 aromatic rings. The fourth-order valence-corrected chi connectivity index (χ4v) is 2.04. The van der Waals surface area contributed by atoms with Crippen LogP contribution >= 0.6 is 12.6 Å². The predicted molar refractivity (Wildman–Crippen MR) is 62.7 cm³/mol. The molecule has 3 heteroatoms. The standard InChI is InChI=1S/C12H14O2S/c15-9-6-12(13-7-8-14-12)10-11-4-2-1-3-5-11/h1-5,7-8,15H,6,9-10H2. The van der Waals surface area contributed by atoms with Crippen LogP contribution in [0, 0.1) is 0 Å². The summed E-state index contributed by atoms with van der Waals surface area (Å²) in [7, 11) is 0. The lowest BCUT2D eigenvalue weighted by Gasteiger charge is -2.27. The number of hydrogen-bond donors (Lipinski definition) is 1. The van der Waals surface area contributed by atoms with Crippen molar-refractivity contribution in [3.05, 3.63) is 48.4 Å². The molecule has 80 valence electrons. The van der Waals surface area contributed by atoms with Crippen LogP contribution in [0.5, 0.6) is 0 Å². The molecule has 15 heavy (non-hydrogen) atoms. The number of ether oxygens (including phenoxy) is 2. The predicted octanol–water partition coefficient (Wildman–Crippen LogP) is 2.76. The van der Waals surface area contributed by atoms with E-state index in [4.69, 9.17) is 9.47 Å². The van der Waals surface area contributed by atoms with Crippen molar-refractivity contribution in [1.82, 2.24) is 0 Å². The van der Waals surface area contributed by atoms with Gasteiger partial charge < -0.3 is 9.47 Å². The summed E-state index contributed by atoms with van der Waals surface area (Å²) < 4.78 is 11.1. The van der Waals surface area contributed by atoms with E-state index in [1.807, 2.05) is 18.2 Å². The molecule has 2 rings (SSSR count). The van der Waals surface area contributed by atoms with E-state index < -0.39 is 5.79 Å². The quantitative estimate of drug-likeness (QED) is 0.790. The molecule has 1 heterocycles. The van der Waals surface area contributed by atoms with Gasteiger partial charge in [-0.1, -0.05) is 30.3 Å². The minimum Gasteiger partial charge on any atom is -0.456 e. The van der Waals surface area contributed by atoms with Crippen LogP contribution in [-0.2, 0) is 15.9 Å². The number of benzene rings is 1. The molecule has 1 aromatic carbocycles. The van der Waals surface area contributed by atoms with Gasteiger partial charge >= 0.3 is 0 Å². The fraction of sp³-hybridized carbons (Fsp3) is 0.333. The molecule has 0 saturated heterocycles. The molecule has 0 N–H and O–H groups in total.